The Morgan fingerprint density at radius 3 is 2.19 bits per heavy atom. The maximum atomic E-state index is 12.2. The maximum Gasteiger partial charge on any atom is 0.338 e. The Bertz CT molecular complexity index is 1040. The minimum atomic E-state index is -3.72. The second-order valence-electron chi connectivity index (χ2n) is 5.90. The second-order valence-corrected chi connectivity index (χ2v) is 10.1. The molecule has 0 atom stereocenters. The molecule has 0 spiro atoms. The predicted octanol–water partition coefficient (Wildman–Crippen LogP) is 1.14. The molecule has 148 valence electrons. The lowest BCUT2D eigenvalue weighted by atomic mass is 10.2. The number of esters is 1. The largest absolute Gasteiger partial charge is 0.454 e. The van der Waals surface area contributed by atoms with E-state index in [1.165, 1.54) is 64.6 Å². The number of benzene rings is 1. The van der Waals surface area contributed by atoms with Gasteiger partial charge in [-0.2, -0.15) is 0 Å². The molecule has 0 N–H and O–H groups in total. The van der Waals surface area contributed by atoms with Crippen molar-refractivity contribution < 1.29 is 30.8 Å². The van der Waals surface area contributed by atoms with Crippen LogP contribution in [-0.2, 0) is 31.4 Å². The molecule has 0 aliphatic rings. The van der Waals surface area contributed by atoms with E-state index in [0.29, 0.717) is 0 Å². The Labute approximate surface area is 158 Å². The smallest absolute Gasteiger partial charge is 0.338 e. The lowest BCUT2D eigenvalue weighted by molar-refractivity contribution is 0.0440. The summed E-state index contributed by atoms with van der Waals surface area (Å²) in [7, 11) is -1.90. The highest BCUT2D eigenvalue weighted by molar-refractivity contribution is 7.89. The summed E-state index contributed by atoms with van der Waals surface area (Å²) in [5, 5.41) is -0.266. The molecule has 0 saturated carbocycles. The van der Waals surface area contributed by atoms with Crippen molar-refractivity contribution in [2.24, 2.45) is 0 Å². The molecule has 0 amide bonds. The third-order valence-electron chi connectivity index (χ3n) is 3.57. The highest BCUT2D eigenvalue weighted by Crippen LogP contribution is 2.19. The van der Waals surface area contributed by atoms with Crippen LogP contribution >= 0.6 is 0 Å². The number of furan rings is 1. The molecule has 0 unspecified atom stereocenters. The average Bonchev–Trinajstić information content (AvgIpc) is 3.09. The molecule has 0 saturated heterocycles. The summed E-state index contributed by atoms with van der Waals surface area (Å²) >= 11 is 0. The molecule has 1 aromatic heterocycles. The third kappa shape index (κ3) is 4.56. The van der Waals surface area contributed by atoms with E-state index in [2.05, 4.69) is 0 Å². The molecule has 27 heavy (non-hydrogen) atoms. The first-order valence-corrected chi connectivity index (χ1v) is 10.5. The zero-order chi connectivity index (χ0) is 20.4. The standard InChI is InChI=1S/C16H20N2O7S2/c1-17(2)26(20,21)14-7-5-6-12(10-14)16(19)24-11-13-8-9-15(25-13)27(22,23)18(3)4/h5-10H,11H2,1-4H3. The van der Waals surface area contributed by atoms with Gasteiger partial charge in [-0.25, -0.2) is 30.2 Å². The van der Waals surface area contributed by atoms with Gasteiger partial charge >= 0.3 is 5.97 Å². The van der Waals surface area contributed by atoms with Crippen LogP contribution in [0.3, 0.4) is 0 Å². The van der Waals surface area contributed by atoms with E-state index in [0.717, 1.165) is 8.61 Å². The molecular weight excluding hydrogens is 396 g/mol. The zero-order valence-corrected chi connectivity index (χ0v) is 16.9. The molecule has 0 bridgehead atoms. The number of carbonyl (C=O) groups excluding carboxylic acids is 1. The van der Waals surface area contributed by atoms with E-state index >= 15 is 0 Å². The summed E-state index contributed by atoms with van der Waals surface area (Å²) in [4.78, 5) is 12.1. The van der Waals surface area contributed by atoms with Crippen LogP contribution in [0.2, 0.25) is 0 Å². The first kappa shape index (κ1) is 21.1. The van der Waals surface area contributed by atoms with Gasteiger partial charge in [0.2, 0.25) is 15.1 Å². The van der Waals surface area contributed by atoms with Crippen molar-refractivity contribution in [3.8, 4) is 0 Å². The van der Waals surface area contributed by atoms with Crippen LogP contribution in [0.15, 0.2) is 50.8 Å². The van der Waals surface area contributed by atoms with E-state index in [4.69, 9.17) is 9.15 Å². The Hall–Kier alpha value is -2.21. The summed E-state index contributed by atoms with van der Waals surface area (Å²) in [5.41, 5.74) is 0.0469. The number of ether oxygens (including phenoxy) is 1. The fourth-order valence-electron chi connectivity index (χ4n) is 1.97. The van der Waals surface area contributed by atoms with Crippen LogP contribution in [0, 0.1) is 0 Å². The van der Waals surface area contributed by atoms with E-state index in [-0.39, 0.29) is 27.9 Å². The lowest BCUT2D eigenvalue weighted by Gasteiger charge is -2.12. The fourth-order valence-corrected chi connectivity index (χ4v) is 3.73. The molecule has 2 aromatic rings. The number of rotatable bonds is 7. The molecule has 1 heterocycles. The normalized spacial score (nSPS) is 12.5. The topological polar surface area (TPSA) is 114 Å². The van der Waals surface area contributed by atoms with Crippen molar-refractivity contribution in [1.29, 1.82) is 0 Å². The molecule has 2 rings (SSSR count). The SMILES string of the molecule is CN(C)S(=O)(=O)c1cccc(C(=O)OCc2ccc(S(=O)(=O)N(C)C)o2)c1. The molecular formula is C16H20N2O7S2. The van der Waals surface area contributed by atoms with Gasteiger partial charge < -0.3 is 9.15 Å². The monoisotopic (exact) mass is 416 g/mol. The Morgan fingerprint density at radius 2 is 1.59 bits per heavy atom. The van der Waals surface area contributed by atoms with Gasteiger partial charge in [0, 0.05) is 28.2 Å². The quantitative estimate of drug-likeness (QED) is 0.622. The van der Waals surface area contributed by atoms with Crippen molar-refractivity contribution >= 4 is 26.0 Å². The summed E-state index contributed by atoms with van der Waals surface area (Å²) in [6.07, 6.45) is 0. The Morgan fingerprint density at radius 1 is 0.963 bits per heavy atom. The fraction of sp³-hybridized carbons (Fsp3) is 0.312. The lowest BCUT2D eigenvalue weighted by Crippen LogP contribution is -2.22. The maximum absolute atomic E-state index is 12.2. The van der Waals surface area contributed by atoms with Crippen molar-refractivity contribution in [2.45, 2.75) is 16.6 Å². The highest BCUT2D eigenvalue weighted by Gasteiger charge is 2.22. The van der Waals surface area contributed by atoms with Crippen LogP contribution in [-0.4, -0.2) is 59.6 Å². The van der Waals surface area contributed by atoms with Gasteiger partial charge in [0.25, 0.3) is 10.0 Å². The molecule has 11 heteroatoms. The molecule has 0 radical (unpaired) electrons. The summed E-state index contributed by atoms with van der Waals surface area (Å²) in [6.45, 7) is -0.299. The second kappa shape index (κ2) is 7.80. The predicted molar refractivity (Wildman–Crippen MR) is 96.0 cm³/mol. The molecule has 1 aromatic carbocycles. The van der Waals surface area contributed by atoms with Gasteiger partial charge in [-0.3, -0.25) is 0 Å². The van der Waals surface area contributed by atoms with Crippen molar-refractivity contribution in [3.05, 3.63) is 47.7 Å². The van der Waals surface area contributed by atoms with Crippen LogP contribution < -0.4 is 0 Å². The van der Waals surface area contributed by atoms with E-state index < -0.39 is 26.0 Å². The zero-order valence-electron chi connectivity index (χ0n) is 15.2. The minimum absolute atomic E-state index is 0.0423. The van der Waals surface area contributed by atoms with Crippen LogP contribution in [0.25, 0.3) is 0 Å². The average molecular weight is 416 g/mol. The minimum Gasteiger partial charge on any atom is -0.454 e. The number of sulfonamides is 2. The third-order valence-corrected chi connectivity index (χ3v) is 7.07. The van der Waals surface area contributed by atoms with Crippen LogP contribution in [0.4, 0.5) is 0 Å². The van der Waals surface area contributed by atoms with Gasteiger partial charge in [0.15, 0.2) is 0 Å². The number of nitrogens with zero attached hydrogens (tertiary/aromatic N) is 2. The highest BCUT2D eigenvalue weighted by atomic mass is 32.2. The number of hydrogen-bond acceptors (Lipinski definition) is 7. The van der Waals surface area contributed by atoms with Gasteiger partial charge in [-0.05, 0) is 30.3 Å². The van der Waals surface area contributed by atoms with Gasteiger partial charge in [0.1, 0.15) is 12.4 Å². The summed E-state index contributed by atoms with van der Waals surface area (Å²) < 4.78 is 60.5. The molecule has 0 aliphatic heterocycles. The van der Waals surface area contributed by atoms with Crippen molar-refractivity contribution in [2.75, 3.05) is 28.2 Å². The van der Waals surface area contributed by atoms with Gasteiger partial charge in [-0.1, -0.05) is 6.07 Å². The van der Waals surface area contributed by atoms with Crippen LogP contribution in [0.5, 0.6) is 0 Å². The van der Waals surface area contributed by atoms with E-state index in [1.54, 1.807) is 0 Å². The summed E-state index contributed by atoms with van der Waals surface area (Å²) in [5.74, 6) is -0.625. The summed E-state index contributed by atoms with van der Waals surface area (Å²) in [6, 6.07) is 8.08. The van der Waals surface area contributed by atoms with Gasteiger partial charge in [0.05, 0.1) is 10.5 Å². The van der Waals surface area contributed by atoms with Gasteiger partial charge in [-0.15, -0.1) is 0 Å². The number of carbonyl (C=O) groups is 1. The van der Waals surface area contributed by atoms with Crippen LogP contribution in [0.1, 0.15) is 16.1 Å². The molecule has 0 fully saturated rings. The van der Waals surface area contributed by atoms with Crippen molar-refractivity contribution in [1.82, 2.24) is 8.61 Å². The Balaban J connectivity index is 2.13. The first-order valence-electron chi connectivity index (χ1n) is 7.67. The first-order chi connectivity index (χ1) is 12.5. The molecule has 0 aliphatic carbocycles. The molecule has 9 nitrogen and oxygen atoms in total. The van der Waals surface area contributed by atoms with E-state index in [9.17, 15) is 21.6 Å². The number of hydrogen-bond donors (Lipinski definition) is 0. The van der Waals surface area contributed by atoms with E-state index in [1.807, 2.05) is 0 Å². The van der Waals surface area contributed by atoms with Crippen molar-refractivity contribution in [3.63, 3.8) is 0 Å². The Kier molecular flexibility index (Phi) is 6.10.